The van der Waals surface area contributed by atoms with Crippen LogP contribution in [0.25, 0.3) is 6.08 Å². The minimum Gasteiger partial charge on any atom is -0.478 e. The van der Waals surface area contributed by atoms with Crippen LogP contribution in [0.1, 0.15) is 57.0 Å². The Labute approximate surface area is 136 Å². The first-order valence-corrected chi connectivity index (χ1v) is 8.77. The van der Waals surface area contributed by atoms with Gasteiger partial charge in [0.2, 0.25) is 0 Å². The molecule has 4 bridgehead atoms. The van der Waals surface area contributed by atoms with Crippen LogP contribution in [0, 0.1) is 17.8 Å². The first-order valence-electron chi connectivity index (χ1n) is 8.77. The van der Waals surface area contributed by atoms with Gasteiger partial charge in [-0.25, -0.2) is 4.79 Å². The van der Waals surface area contributed by atoms with E-state index in [2.05, 4.69) is 5.32 Å². The molecular formula is C19H25NO3. The molecule has 1 aromatic heterocycles. The second-order valence-corrected chi connectivity index (χ2v) is 7.99. The Hall–Kier alpha value is -1.55. The molecule has 0 atom stereocenters. The summed E-state index contributed by atoms with van der Waals surface area (Å²) in [6.07, 6.45) is 9.90. The fourth-order valence-corrected chi connectivity index (χ4v) is 5.44. The van der Waals surface area contributed by atoms with Crippen LogP contribution >= 0.6 is 0 Å². The molecule has 1 heterocycles. The van der Waals surface area contributed by atoms with E-state index < -0.39 is 5.97 Å². The van der Waals surface area contributed by atoms with E-state index in [4.69, 9.17) is 9.52 Å². The van der Waals surface area contributed by atoms with Gasteiger partial charge in [0, 0.05) is 11.1 Å². The van der Waals surface area contributed by atoms with Gasteiger partial charge in [-0.15, -0.1) is 0 Å². The quantitative estimate of drug-likeness (QED) is 0.811. The highest BCUT2D eigenvalue weighted by Crippen LogP contribution is 2.55. The Balaban J connectivity index is 1.41. The molecule has 0 unspecified atom stereocenters. The summed E-state index contributed by atoms with van der Waals surface area (Å²) in [7, 11) is 0. The van der Waals surface area contributed by atoms with Gasteiger partial charge in [0.05, 0.1) is 6.54 Å². The molecule has 4 aliphatic rings. The van der Waals surface area contributed by atoms with Crippen LogP contribution in [0.4, 0.5) is 0 Å². The highest BCUT2D eigenvalue weighted by atomic mass is 16.4. The van der Waals surface area contributed by atoms with Gasteiger partial charge in [-0.2, -0.15) is 0 Å². The summed E-state index contributed by atoms with van der Waals surface area (Å²) < 4.78 is 5.77. The van der Waals surface area contributed by atoms with Gasteiger partial charge in [-0.1, -0.05) is 0 Å². The topological polar surface area (TPSA) is 62.5 Å². The van der Waals surface area contributed by atoms with Crippen molar-refractivity contribution in [3.8, 4) is 0 Å². The van der Waals surface area contributed by atoms with Gasteiger partial charge >= 0.3 is 5.97 Å². The molecule has 5 rings (SSSR count). The third-order valence-electron chi connectivity index (χ3n) is 6.05. The third-order valence-corrected chi connectivity index (χ3v) is 6.05. The molecule has 124 valence electrons. The van der Waals surface area contributed by atoms with Crippen molar-refractivity contribution in [3.63, 3.8) is 0 Å². The smallest absolute Gasteiger partial charge is 0.331 e. The minimum atomic E-state index is -0.908. The van der Waals surface area contributed by atoms with Crippen molar-refractivity contribution in [1.82, 2.24) is 5.32 Å². The molecule has 4 heteroatoms. The average molecular weight is 315 g/mol. The standard InChI is InChI=1S/C19H25NO3/c1-12(18(21)22)4-16-2-3-17(23-16)11-20-19-8-13-5-14(9-19)7-15(6-13)10-19/h2-4,13-15,20H,5-11H2,1H3,(H,21,22). The maximum absolute atomic E-state index is 10.9. The van der Waals surface area contributed by atoms with E-state index in [0.717, 1.165) is 30.1 Å². The molecule has 1 aromatic rings. The number of carboxylic acid groups (broad SMARTS) is 1. The number of nitrogens with one attached hydrogen (secondary N) is 1. The molecule has 23 heavy (non-hydrogen) atoms. The zero-order valence-electron chi connectivity index (χ0n) is 13.7. The molecule has 0 spiro atoms. The second kappa shape index (κ2) is 5.52. The lowest BCUT2D eigenvalue weighted by atomic mass is 9.53. The maximum atomic E-state index is 10.9. The van der Waals surface area contributed by atoms with Gasteiger partial charge in [0.1, 0.15) is 11.5 Å². The molecule has 0 radical (unpaired) electrons. The van der Waals surface area contributed by atoms with Crippen molar-refractivity contribution in [2.75, 3.05) is 0 Å². The van der Waals surface area contributed by atoms with Crippen molar-refractivity contribution < 1.29 is 14.3 Å². The summed E-state index contributed by atoms with van der Waals surface area (Å²) in [6, 6.07) is 3.80. The third kappa shape index (κ3) is 2.97. The van der Waals surface area contributed by atoms with Crippen molar-refractivity contribution in [1.29, 1.82) is 0 Å². The zero-order chi connectivity index (χ0) is 16.0. The van der Waals surface area contributed by atoms with Crippen molar-refractivity contribution in [2.45, 2.75) is 57.5 Å². The summed E-state index contributed by atoms with van der Waals surface area (Å²) in [5.41, 5.74) is 0.620. The number of carboxylic acids is 1. The summed E-state index contributed by atoms with van der Waals surface area (Å²) in [6.45, 7) is 2.32. The van der Waals surface area contributed by atoms with E-state index in [1.807, 2.05) is 12.1 Å². The van der Waals surface area contributed by atoms with Gasteiger partial charge in [-0.3, -0.25) is 0 Å². The molecule has 4 aliphatic carbocycles. The first-order chi connectivity index (χ1) is 11.0. The fraction of sp³-hybridized carbons (Fsp3) is 0.632. The second-order valence-electron chi connectivity index (χ2n) is 7.99. The Morgan fingerprint density at radius 3 is 2.43 bits per heavy atom. The minimum absolute atomic E-state index is 0.292. The Morgan fingerprint density at radius 1 is 1.26 bits per heavy atom. The van der Waals surface area contributed by atoms with E-state index in [1.165, 1.54) is 38.5 Å². The SMILES string of the molecule is CC(=Cc1ccc(CNC23CC4CC(CC(C4)C2)C3)o1)C(=O)O. The van der Waals surface area contributed by atoms with Crippen LogP contribution in [-0.2, 0) is 11.3 Å². The van der Waals surface area contributed by atoms with Gasteiger partial charge < -0.3 is 14.8 Å². The maximum Gasteiger partial charge on any atom is 0.331 e. The summed E-state index contributed by atoms with van der Waals surface area (Å²) in [4.78, 5) is 10.9. The van der Waals surface area contributed by atoms with Crippen molar-refractivity contribution in [3.05, 3.63) is 29.2 Å². The van der Waals surface area contributed by atoms with Crippen LogP contribution in [0.5, 0.6) is 0 Å². The normalized spacial score (nSPS) is 35.7. The lowest BCUT2D eigenvalue weighted by molar-refractivity contribution is -0.132. The predicted molar refractivity (Wildman–Crippen MR) is 87.7 cm³/mol. The number of hydrogen-bond donors (Lipinski definition) is 2. The molecule has 2 N–H and O–H groups in total. The lowest BCUT2D eigenvalue weighted by Crippen LogP contribution is -2.58. The molecule has 4 nitrogen and oxygen atoms in total. The van der Waals surface area contributed by atoms with Crippen LogP contribution in [-0.4, -0.2) is 16.6 Å². The number of carbonyl (C=O) groups is 1. The van der Waals surface area contributed by atoms with E-state index in [0.29, 0.717) is 16.9 Å². The molecule has 4 fully saturated rings. The van der Waals surface area contributed by atoms with E-state index in [9.17, 15) is 4.79 Å². The van der Waals surface area contributed by atoms with Crippen molar-refractivity contribution >= 4 is 12.0 Å². The largest absolute Gasteiger partial charge is 0.478 e. The summed E-state index contributed by atoms with van der Waals surface area (Å²) in [5, 5.41) is 12.7. The molecule has 0 aromatic carbocycles. The monoisotopic (exact) mass is 315 g/mol. The van der Waals surface area contributed by atoms with E-state index in [1.54, 1.807) is 13.0 Å². The molecule has 0 saturated heterocycles. The van der Waals surface area contributed by atoms with Gasteiger partial charge in [0.15, 0.2) is 0 Å². The number of rotatable bonds is 5. The van der Waals surface area contributed by atoms with Crippen LogP contribution in [0.2, 0.25) is 0 Å². The Bertz CT molecular complexity index is 608. The van der Waals surface area contributed by atoms with Crippen LogP contribution in [0.3, 0.4) is 0 Å². The van der Waals surface area contributed by atoms with Crippen molar-refractivity contribution in [2.24, 2.45) is 17.8 Å². The highest BCUT2D eigenvalue weighted by molar-refractivity contribution is 5.90. The number of furan rings is 1. The molecule has 0 amide bonds. The predicted octanol–water partition coefficient (Wildman–Crippen LogP) is 3.83. The molecule has 0 aliphatic heterocycles. The first kappa shape index (κ1) is 15.0. The lowest BCUT2D eigenvalue weighted by Gasteiger charge is -2.57. The highest BCUT2D eigenvalue weighted by Gasteiger charge is 2.50. The zero-order valence-corrected chi connectivity index (χ0v) is 13.7. The Morgan fingerprint density at radius 2 is 1.87 bits per heavy atom. The fourth-order valence-electron chi connectivity index (χ4n) is 5.44. The van der Waals surface area contributed by atoms with Gasteiger partial charge in [-0.05, 0) is 81.4 Å². The summed E-state index contributed by atoms with van der Waals surface area (Å²) in [5.74, 6) is 3.40. The number of hydrogen-bond acceptors (Lipinski definition) is 3. The molecule has 4 saturated carbocycles. The Kier molecular flexibility index (Phi) is 3.60. The summed E-state index contributed by atoms with van der Waals surface area (Å²) >= 11 is 0. The molecular weight excluding hydrogens is 290 g/mol. The van der Waals surface area contributed by atoms with E-state index >= 15 is 0 Å². The average Bonchev–Trinajstić information content (AvgIpc) is 2.91. The van der Waals surface area contributed by atoms with Gasteiger partial charge in [0.25, 0.3) is 0 Å². The number of aliphatic carboxylic acids is 1. The van der Waals surface area contributed by atoms with Crippen LogP contribution < -0.4 is 5.32 Å². The van der Waals surface area contributed by atoms with Crippen LogP contribution in [0.15, 0.2) is 22.1 Å². The van der Waals surface area contributed by atoms with E-state index in [-0.39, 0.29) is 0 Å².